The van der Waals surface area contributed by atoms with E-state index in [9.17, 15) is 106 Å². The Morgan fingerprint density at radius 3 is 1.10 bits per heavy atom. The lowest BCUT2D eigenvalue weighted by molar-refractivity contribution is -0.926. The summed E-state index contributed by atoms with van der Waals surface area (Å²) in [5, 5.41) is 190. The van der Waals surface area contributed by atoms with Gasteiger partial charge in [0.2, 0.25) is 0 Å². The number of aliphatic hydroxyl groups is 15. The third kappa shape index (κ3) is 22.5. The van der Waals surface area contributed by atoms with Crippen molar-refractivity contribution in [3.63, 3.8) is 0 Å². The average molecular weight is 1070 g/mol. The van der Waals surface area contributed by atoms with E-state index in [1.54, 1.807) is 0 Å². The molecule has 31 heteroatoms. The number of quaternary nitrogens is 3. The Balaban J connectivity index is 2.17. The lowest BCUT2D eigenvalue weighted by Gasteiger charge is -2.43. The minimum atomic E-state index is -1.97. The summed E-state index contributed by atoms with van der Waals surface area (Å²) in [5.41, 5.74) is 0. The Hall–Kier alpha value is -2.59. The fourth-order valence-electron chi connectivity index (χ4n) is 9.16. The van der Waals surface area contributed by atoms with Crippen LogP contribution in [0.15, 0.2) is 0 Å². The molecule has 2 aliphatic rings. The van der Waals surface area contributed by atoms with Gasteiger partial charge in [-0.05, 0) is 0 Å². The lowest BCUT2D eigenvalue weighted by Crippen LogP contribution is -2.62. The van der Waals surface area contributed by atoms with Crippen molar-refractivity contribution in [2.24, 2.45) is 0 Å². The lowest BCUT2D eigenvalue weighted by atomic mass is 9.98. The van der Waals surface area contributed by atoms with E-state index in [1.165, 1.54) is 0 Å². The number of ether oxygens (including phenoxy) is 7. The normalized spacial score (nSPS) is 26.8. The van der Waals surface area contributed by atoms with Crippen molar-refractivity contribution in [1.82, 2.24) is 0 Å². The summed E-state index contributed by atoms with van der Waals surface area (Å²) in [6.07, 6.45) is -23.1. The van der Waals surface area contributed by atoms with Gasteiger partial charge in [-0.3, -0.25) is 0 Å². The molecule has 0 aromatic rings. The molecule has 14 unspecified atom stereocenters. The van der Waals surface area contributed by atoms with Crippen LogP contribution in [0.5, 0.6) is 0 Å². The first-order valence-corrected chi connectivity index (χ1v) is 23.7. The first kappa shape index (κ1) is 66.5. The smallest absolute Gasteiger partial charge is 0.184 e. The number of rotatable bonds is 41. The number of carbonyl (C=O) groups is 3. The first-order chi connectivity index (χ1) is 34.5. The molecule has 2 fully saturated rings. The second-order valence-electron chi connectivity index (χ2n) is 18.5. The van der Waals surface area contributed by atoms with Gasteiger partial charge < -0.3 is 153 Å². The van der Waals surface area contributed by atoms with E-state index in [1.807, 2.05) is 0 Å². The molecular formula is C42H79N3O28. The molecule has 0 bridgehead atoms. The molecule has 430 valence electrons. The summed E-state index contributed by atoms with van der Waals surface area (Å²) in [6, 6.07) is 0. The molecule has 2 heterocycles. The van der Waals surface area contributed by atoms with Crippen molar-refractivity contribution in [2.45, 2.75) is 85.8 Å². The van der Waals surface area contributed by atoms with Crippen LogP contribution in [0, 0.1) is 0 Å². The third-order valence-electron chi connectivity index (χ3n) is 12.6. The van der Waals surface area contributed by atoms with Gasteiger partial charge in [0.05, 0.1) is 104 Å². The molecule has 2 aliphatic heterocycles. The van der Waals surface area contributed by atoms with Crippen molar-refractivity contribution >= 4 is 17.9 Å². The Kier molecular flexibility index (Phi) is 30.6. The van der Waals surface area contributed by atoms with Crippen LogP contribution < -0.4 is 15.3 Å². The van der Waals surface area contributed by atoms with Crippen LogP contribution in [-0.2, 0) is 47.5 Å². The van der Waals surface area contributed by atoms with E-state index in [2.05, 4.69) is 0 Å². The molecule has 0 saturated carbocycles. The van der Waals surface area contributed by atoms with E-state index in [-0.39, 0.29) is 52.4 Å². The zero-order valence-corrected chi connectivity index (χ0v) is 40.6. The standard InChI is InChI=1S/C42H79N3O28/c46-7-1-43(2-8-47,16-32(56)57)13-26(52)19-67-25-31-36(63)39(70-22-28(54)15-45(5-11-50,6-12-51)18-34(60)61)40(42(66)73-31)71-23-29(55)20-68-24-30-35(62)38(37(64)41(65)72-30)69-21-27(53)14-44(3-9-48,4-10-49)17-33(58)59/h26-31,35-42,46-55,62-66H,1-25H2. The van der Waals surface area contributed by atoms with Crippen LogP contribution in [0.4, 0.5) is 0 Å². The fraction of sp³-hybridized carbons (Fsp3) is 0.929. The van der Waals surface area contributed by atoms with E-state index < -0.39 is 229 Å². The van der Waals surface area contributed by atoms with Crippen molar-refractivity contribution in [3.05, 3.63) is 0 Å². The Bertz CT molecular complexity index is 1540. The predicted octanol–water partition coefficient (Wildman–Crippen LogP) is -15.2. The van der Waals surface area contributed by atoms with Gasteiger partial charge in [-0.25, -0.2) is 0 Å². The summed E-state index contributed by atoms with van der Waals surface area (Å²) >= 11 is 0. The maximum absolute atomic E-state index is 11.6. The van der Waals surface area contributed by atoms with Gasteiger partial charge >= 0.3 is 0 Å². The Morgan fingerprint density at radius 2 is 0.726 bits per heavy atom. The van der Waals surface area contributed by atoms with Crippen LogP contribution >= 0.6 is 0 Å². The molecule has 2 rings (SSSR count). The number of carboxylic acids is 3. The molecular weight excluding hydrogens is 994 g/mol. The molecule has 73 heavy (non-hydrogen) atoms. The molecule has 14 atom stereocenters. The largest absolute Gasteiger partial charge is 0.544 e. The fourth-order valence-corrected chi connectivity index (χ4v) is 9.16. The van der Waals surface area contributed by atoms with Gasteiger partial charge in [-0.2, -0.15) is 0 Å². The molecule has 0 radical (unpaired) electrons. The number of hydrogen-bond acceptors (Lipinski definition) is 28. The molecule has 0 aliphatic carbocycles. The molecule has 0 aromatic heterocycles. The number of aliphatic hydroxyl groups excluding tert-OH is 15. The highest BCUT2D eigenvalue weighted by molar-refractivity contribution is 5.66. The maximum atomic E-state index is 11.6. The summed E-state index contributed by atoms with van der Waals surface area (Å²) in [5.74, 6) is -4.58. The summed E-state index contributed by atoms with van der Waals surface area (Å²) < 4.78 is 37.4. The summed E-state index contributed by atoms with van der Waals surface area (Å²) in [6.45, 7) is -11.6. The van der Waals surface area contributed by atoms with Crippen LogP contribution in [0.3, 0.4) is 0 Å². The van der Waals surface area contributed by atoms with Crippen molar-refractivity contribution in [2.75, 3.05) is 164 Å². The van der Waals surface area contributed by atoms with Gasteiger partial charge in [-0.15, -0.1) is 0 Å². The SMILES string of the molecule is O=C([O-])C[N+](CCO)(CCO)CC(O)COCC1OC(O)C(OCC(O)COCC2OC(O)C(O)C(OCC(O)C[N+](CCO)(CCO)CC(=O)[O-])C2O)C(OCC(O)C[N+](CCO)(CCO)CC(=O)[O-])C1O. The molecule has 0 aromatic carbocycles. The number of carboxylic acid groups (broad SMARTS) is 3. The highest BCUT2D eigenvalue weighted by atomic mass is 16.7. The topological polar surface area (TPSA) is 488 Å². The number of nitrogens with zero attached hydrogens (tertiary/aromatic N) is 3. The second kappa shape index (κ2) is 33.5. The maximum Gasteiger partial charge on any atom is 0.184 e. The minimum absolute atomic E-state index is 0.167. The average Bonchev–Trinajstić information content (AvgIpc) is 3.27. The highest BCUT2D eigenvalue weighted by Crippen LogP contribution is 2.27. The van der Waals surface area contributed by atoms with Gasteiger partial charge in [-0.1, -0.05) is 0 Å². The van der Waals surface area contributed by atoms with E-state index in [0.29, 0.717) is 0 Å². The molecule has 0 amide bonds. The van der Waals surface area contributed by atoms with E-state index in [4.69, 9.17) is 33.2 Å². The van der Waals surface area contributed by atoms with E-state index >= 15 is 0 Å². The number of hydrogen-bond donors (Lipinski definition) is 15. The summed E-state index contributed by atoms with van der Waals surface area (Å²) in [7, 11) is 0. The zero-order chi connectivity index (χ0) is 54.9. The van der Waals surface area contributed by atoms with Crippen molar-refractivity contribution in [3.8, 4) is 0 Å². The predicted molar refractivity (Wildman–Crippen MR) is 231 cm³/mol. The second-order valence-corrected chi connectivity index (χ2v) is 18.5. The minimum Gasteiger partial charge on any atom is -0.544 e. The Labute approximate surface area is 420 Å². The molecule has 0 spiro atoms. The van der Waals surface area contributed by atoms with Gasteiger partial charge in [0.25, 0.3) is 0 Å². The van der Waals surface area contributed by atoms with Crippen molar-refractivity contribution in [1.29, 1.82) is 0 Å². The molecule has 2 saturated heterocycles. The van der Waals surface area contributed by atoms with Gasteiger partial charge in [0, 0.05) is 0 Å². The number of carbonyl (C=O) groups excluding carboxylic acids is 3. The monoisotopic (exact) mass is 1070 g/mol. The van der Waals surface area contributed by atoms with Gasteiger partial charge in [0.15, 0.2) is 12.6 Å². The third-order valence-corrected chi connectivity index (χ3v) is 12.6. The van der Waals surface area contributed by atoms with Crippen LogP contribution in [0.2, 0.25) is 0 Å². The Morgan fingerprint density at radius 1 is 0.425 bits per heavy atom. The van der Waals surface area contributed by atoms with Gasteiger partial charge in [0.1, 0.15) is 152 Å². The molecule has 31 nitrogen and oxygen atoms in total. The van der Waals surface area contributed by atoms with E-state index in [0.717, 1.165) is 0 Å². The number of aliphatic carboxylic acids is 3. The zero-order valence-electron chi connectivity index (χ0n) is 40.6. The first-order valence-electron chi connectivity index (χ1n) is 23.7. The quantitative estimate of drug-likeness (QED) is 0.0253. The molecule has 15 N–H and O–H groups in total. The van der Waals surface area contributed by atoms with Crippen LogP contribution in [0.1, 0.15) is 0 Å². The highest BCUT2D eigenvalue weighted by Gasteiger charge is 2.48. The van der Waals surface area contributed by atoms with Crippen LogP contribution in [-0.4, -0.2) is 358 Å². The van der Waals surface area contributed by atoms with Crippen molar-refractivity contribution < 1.29 is 153 Å². The summed E-state index contributed by atoms with van der Waals surface area (Å²) in [4.78, 5) is 34.5. The van der Waals surface area contributed by atoms with Crippen LogP contribution in [0.25, 0.3) is 0 Å².